The standard InChI is InChI=1S/C14H16N4O3S/c1-9(6-11-4-3-5-22-11)17(2)14(19)12-7-10(18(20)21)8-16-13(12)15/h3-5,7-9H,6H2,1-2H3,(H2,15,16)/t9-/m0/s1. The lowest BCUT2D eigenvalue weighted by atomic mass is 10.1. The van der Waals surface area contributed by atoms with Gasteiger partial charge in [-0.2, -0.15) is 0 Å². The maximum absolute atomic E-state index is 12.5. The van der Waals surface area contributed by atoms with Crippen LogP contribution in [0.1, 0.15) is 22.2 Å². The van der Waals surface area contributed by atoms with Crippen LogP contribution in [0.15, 0.2) is 29.8 Å². The molecule has 0 aliphatic rings. The number of thiophene rings is 1. The maximum atomic E-state index is 12.5. The largest absolute Gasteiger partial charge is 0.383 e. The molecule has 2 rings (SSSR count). The van der Waals surface area contributed by atoms with Crippen LogP contribution in [0.25, 0.3) is 0 Å². The van der Waals surface area contributed by atoms with E-state index >= 15 is 0 Å². The third-order valence-electron chi connectivity index (χ3n) is 3.40. The van der Waals surface area contributed by atoms with Crippen molar-refractivity contribution in [2.24, 2.45) is 0 Å². The SMILES string of the molecule is C[C@@H](Cc1cccs1)N(C)C(=O)c1cc([N+](=O)[O-])cnc1N. The van der Waals surface area contributed by atoms with Gasteiger partial charge in [0.15, 0.2) is 0 Å². The normalized spacial score (nSPS) is 11.9. The molecule has 116 valence electrons. The van der Waals surface area contributed by atoms with Crippen LogP contribution in [0.5, 0.6) is 0 Å². The first-order chi connectivity index (χ1) is 10.4. The number of nitrogens with two attached hydrogens (primary N) is 1. The number of hydrogen-bond acceptors (Lipinski definition) is 6. The Morgan fingerprint density at radius 1 is 1.59 bits per heavy atom. The number of carbonyl (C=O) groups excluding carboxylic acids is 1. The second-order valence-electron chi connectivity index (χ2n) is 4.93. The van der Waals surface area contributed by atoms with E-state index in [2.05, 4.69) is 4.98 Å². The van der Waals surface area contributed by atoms with E-state index in [1.54, 1.807) is 18.4 Å². The Hall–Kier alpha value is -2.48. The predicted molar refractivity (Wildman–Crippen MR) is 84.9 cm³/mol. The third kappa shape index (κ3) is 3.40. The van der Waals surface area contributed by atoms with Gasteiger partial charge in [0.25, 0.3) is 11.6 Å². The molecular formula is C14H16N4O3S. The Labute approximate surface area is 131 Å². The van der Waals surface area contributed by atoms with Crippen molar-refractivity contribution in [3.8, 4) is 0 Å². The van der Waals surface area contributed by atoms with Gasteiger partial charge in [-0.25, -0.2) is 4.98 Å². The number of likely N-dealkylation sites (N-methyl/N-ethyl adjacent to an activating group) is 1. The lowest BCUT2D eigenvalue weighted by molar-refractivity contribution is -0.385. The van der Waals surface area contributed by atoms with Crippen molar-refractivity contribution in [1.29, 1.82) is 0 Å². The smallest absolute Gasteiger partial charge is 0.288 e. The Kier molecular flexibility index (Phi) is 4.71. The second-order valence-corrected chi connectivity index (χ2v) is 5.96. The van der Waals surface area contributed by atoms with Crippen LogP contribution in [0.3, 0.4) is 0 Å². The van der Waals surface area contributed by atoms with Crippen molar-refractivity contribution in [1.82, 2.24) is 9.88 Å². The number of amides is 1. The summed E-state index contributed by atoms with van der Waals surface area (Å²) in [7, 11) is 1.65. The van der Waals surface area contributed by atoms with Crippen molar-refractivity contribution in [2.75, 3.05) is 12.8 Å². The van der Waals surface area contributed by atoms with Gasteiger partial charge in [-0.15, -0.1) is 11.3 Å². The molecule has 8 heteroatoms. The Balaban J connectivity index is 2.19. The molecular weight excluding hydrogens is 304 g/mol. The first-order valence-electron chi connectivity index (χ1n) is 6.59. The summed E-state index contributed by atoms with van der Waals surface area (Å²) in [4.78, 5) is 29.1. The van der Waals surface area contributed by atoms with Crippen molar-refractivity contribution < 1.29 is 9.72 Å². The summed E-state index contributed by atoms with van der Waals surface area (Å²) in [6.07, 6.45) is 1.75. The minimum Gasteiger partial charge on any atom is -0.383 e. The van der Waals surface area contributed by atoms with Gasteiger partial charge >= 0.3 is 0 Å². The van der Waals surface area contributed by atoms with Gasteiger partial charge in [-0.3, -0.25) is 14.9 Å². The van der Waals surface area contributed by atoms with Crippen LogP contribution in [0.2, 0.25) is 0 Å². The molecule has 0 spiro atoms. The highest BCUT2D eigenvalue weighted by Gasteiger charge is 2.23. The molecule has 7 nitrogen and oxygen atoms in total. The first kappa shape index (κ1) is 15.9. The molecule has 0 radical (unpaired) electrons. The fourth-order valence-corrected chi connectivity index (χ4v) is 2.81. The molecule has 1 amide bonds. The second kappa shape index (κ2) is 6.52. The summed E-state index contributed by atoms with van der Waals surface area (Å²) in [5.41, 5.74) is 5.48. The van der Waals surface area contributed by atoms with E-state index in [9.17, 15) is 14.9 Å². The van der Waals surface area contributed by atoms with Crippen LogP contribution in [-0.4, -0.2) is 33.8 Å². The zero-order chi connectivity index (χ0) is 16.3. The van der Waals surface area contributed by atoms with Gasteiger partial charge in [0.2, 0.25) is 0 Å². The zero-order valence-electron chi connectivity index (χ0n) is 12.2. The van der Waals surface area contributed by atoms with E-state index in [-0.39, 0.29) is 29.0 Å². The average Bonchev–Trinajstić information content (AvgIpc) is 2.98. The molecule has 22 heavy (non-hydrogen) atoms. The van der Waals surface area contributed by atoms with Crippen molar-refractivity contribution in [2.45, 2.75) is 19.4 Å². The fraction of sp³-hybridized carbons (Fsp3) is 0.286. The van der Waals surface area contributed by atoms with E-state index in [0.29, 0.717) is 6.42 Å². The van der Waals surface area contributed by atoms with Crippen LogP contribution in [0, 0.1) is 10.1 Å². The quantitative estimate of drug-likeness (QED) is 0.673. The summed E-state index contributed by atoms with van der Waals surface area (Å²) >= 11 is 1.62. The average molecular weight is 320 g/mol. The van der Waals surface area contributed by atoms with Crippen LogP contribution in [0.4, 0.5) is 11.5 Å². The summed E-state index contributed by atoms with van der Waals surface area (Å²) in [5, 5.41) is 12.8. The highest BCUT2D eigenvalue weighted by atomic mass is 32.1. The van der Waals surface area contributed by atoms with E-state index < -0.39 is 4.92 Å². The first-order valence-corrected chi connectivity index (χ1v) is 7.47. The van der Waals surface area contributed by atoms with E-state index in [1.165, 1.54) is 11.0 Å². The van der Waals surface area contributed by atoms with Crippen LogP contribution in [-0.2, 0) is 6.42 Å². The molecule has 0 fully saturated rings. The molecule has 2 aromatic heterocycles. The summed E-state index contributed by atoms with van der Waals surface area (Å²) in [6.45, 7) is 1.92. The van der Waals surface area contributed by atoms with Gasteiger partial charge in [0, 0.05) is 30.5 Å². The molecule has 0 unspecified atom stereocenters. The molecule has 1 atom stereocenters. The minimum absolute atomic E-state index is 0.00854. The van der Waals surface area contributed by atoms with Crippen molar-refractivity contribution in [3.05, 3.63) is 50.3 Å². The van der Waals surface area contributed by atoms with Gasteiger partial charge in [-0.05, 0) is 18.4 Å². The molecule has 2 N–H and O–H groups in total. The molecule has 0 aromatic carbocycles. The summed E-state index contributed by atoms with van der Waals surface area (Å²) in [5.74, 6) is -0.386. The van der Waals surface area contributed by atoms with Crippen LogP contribution < -0.4 is 5.73 Å². The maximum Gasteiger partial charge on any atom is 0.288 e. The van der Waals surface area contributed by atoms with Crippen molar-refractivity contribution >= 4 is 28.7 Å². The number of nitro groups is 1. The van der Waals surface area contributed by atoms with E-state index in [4.69, 9.17) is 5.73 Å². The Morgan fingerprint density at radius 3 is 2.91 bits per heavy atom. The number of pyridine rings is 1. The monoisotopic (exact) mass is 320 g/mol. The number of anilines is 1. The summed E-state index contributed by atoms with van der Waals surface area (Å²) < 4.78 is 0. The van der Waals surface area contributed by atoms with E-state index in [1.807, 2.05) is 24.4 Å². The number of nitrogens with zero attached hydrogens (tertiary/aromatic N) is 3. The van der Waals surface area contributed by atoms with Gasteiger partial charge in [0.05, 0.1) is 10.5 Å². The number of aromatic nitrogens is 1. The fourth-order valence-electron chi connectivity index (χ4n) is 1.98. The molecule has 2 heterocycles. The molecule has 0 aliphatic carbocycles. The highest BCUT2D eigenvalue weighted by molar-refractivity contribution is 7.09. The number of hydrogen-bond donors (Lipinski definition) is 1. The molecule has 0 saturated carbocycles. The number of rotatable bonds is 5. The third-order valence-corrected chi connectivity index (χ3v) is 4.30. The minimum atomic E-state index is -0.599. The van der Waals surface area contributed by atoms with Gasteiger partial charge in [-0.1, -0.05) is 6.07 Å². The van der Waals surface area contributed by atoms with Crippen molar-refractivity contribution in [3.63, 3.8) is 0 Å². The topological polar surface area (TPSA) is 102 Å². The van der Waals surface area contributed by atoms with Gasteiger partial charge in [0.1, 0.15) is 12.0 Å². The summed E-state index contributed by atoms with van der Waals surface area (Å²) in [6, 6.07) is 5.06. The molecule has 2 aromatic rings. The Bertz CT molecular complexity index is 687. The molecule has 0 saturated heterocycles. The number of carbonyl (C=O) groups is 1. The zero-order valence-corrected chi connectivity index (χ0v) is 13.0. The lowest BCUT2D eigenvalue weighted by Gasteiger charge is -2.25. The van der Waals surface area contributed by atoms with Crippen LogP contribution >= 0.6 is 11.3 Å². The van der Waals surface area contributed by atoms with Gasteiger partial charge < -0.3 is 10.6 Å². The molecule has 0 aliphatic heterocycles. The lowest BCUT2D eigenvalue weighted by Crippen LogP contribution is -2.36. The Morgan fingerprint density at radius 2 is 2.32 bits per heavy atom. The highest BCUT2D eigenvalue weighted by Crippen LogP contribution is 2.20. The molecule has 0 bridgehead atoms. The van der Waals surface area contributed by atoms with E-state index in [0.717, 1.165) is 11.1 Å². The predicted octanol–water partition coefficient (Wildman–Crippen LogP) is 2.34. The number of nitrogen functional groups attached to an aromatic ring is 1.